The first-order chi connectivity index (χ1) is 7.81. The Balaban J connectivity index is 1.92. The minimum Gasteiger partial charge on any atom is -0.302 e. The summed E-state index contributed by atoms with van der Waals surface area (Å²) in [6.45, 7) is 0.999. The molecule has 4 heteroatoms. The van der Waals surface area contributed by atoms with Crippen LogP contribution in [0.4, 0.5) is 0 Å². The molecule has 1 aliphatic heterocycles. The quantitative estimate of drug-likeness (QED) is 0.609. The third kappa shape index (κ3) is 2.78. The van der Waals surface area contributed by atoms with Crippen molar-refractivity contribution in [1.82, 2.24) is 4.31 Å². The average molecular weight is 256 g/mol. The summed E-state index contributed by atoms with van der Waals surface area (Å²) >= 11 is 7.78. The van der Waals surface area contributed by atoms with Gasteiger partial charge in [0.2, 0.25) is 0 Å². The second kappa shape index (κ2) is 5.71. The standard InChI is InChI=1S/C12H14ClNOS/c13-12-6-2-1-4-10(12)9-16-14-7-3-5-11(14)8-15/h1-2,4,6,8,11H,3,5,7,9H2. The zero-order valence-electron chi connectivity index (χ0n) is 8.93. The van der Waals surface area contributed by atoms with Crippen LogP contribution in [-0.2, 0) is 10.5 Å². The van der Waals surface area contributed by atoms with Crippen molar-refractivity contribution in [3.63, 3.8) is 0 Å². The first kappa shape index (κ1) is 12.0. The number of hydrogen-bond acceptors (Lipinski definition) is 3. The van der Waals surface area contributed by atoms with Gasteiger partial charge in [-0.3, -0.25) is 0 Å². The molecule has 1 saturated heterocycles. The summed E-state index contributed by atoms with van der Waals surface area (Å²) in [6, 6.07) is 7.94. The Kier molecular flexibility index (Phi) is 4.27. The molecular weight excluding hydrogens is 242 g/mol. The van der Waals surface area contributed by atoms with Gasteiger partial charge in [-0.15, -0.1) is 0 Å². The number of hydrogen-bond donors (Lipinski definition) is 0. The number of rotatable bonds is 4. The maximum absolute atomic E-state index is 10.8. The Labute approximate surface area is 105 Å². The molecule has 0 bridgehead atoms. The predicted molar refractivity (Wildman–Crippen MR) is 68.5 cm³/mol. The molecule has 1 unspecified atom stereocenters. The molecule has 0 saturated carbocycles. The molecule has 2 nitrogen and oxygen atoms in total. The maximum Gasteiger partial charge on any atom is 0.138 e. The van der Waals surface area contributed by atoms with Crippen LogP contribution in [0.1, 0.15) is 18.4 Å². The molecule has 0 radical (unpaired) electrons. The van der Waals surface area contributed by atoms with Gasteiger partial charge < -0.3 is 4.79 Å². The molecule has 16 heavy (non-hydrogen) atoms. The van der Waals surface area contributed by atoms with E-state index >= 15 is 0 Å². The van der Waals surface area contributed by atoms with Crippen molar-refractivity contribution < 1.29 is 4.79 Å². The Morgan fingerprint density at radius 3 is 3.06 bits per heavy atom. The van der Waals surface area contributed by atoms with Gasteiger partial charge in [0.05, 0.1) is 6.04 Å². The van der Waals surface area contributed by atoms with Crippen molar-refractivity contribution in [2.45, 2.75) is 24.6 Å². The second-order valence-corrected chi connectivity index (χ2v) is 5.27. The smallest absolute Gasteiger partial charge is 0.138 e. The molecule has 1 aromatic rings. The lowest BCUT2D eigenvalue weighted by Gasteiger charge is -2.18. The van der Waals surface area contributed by atoms with E-state index in [2.05, 4.69) is 4.31 Å². The fraction of sp³-hybridized carbons (Fsp3) is 0.417. The Hall–Kier alpha value is -0.510. The van der Waals surface area contributed by atoms with Gasteiger partial charge in [0.15, 0.2) is 0 Å². The van der Waals surface area contributed by atoms with Crippen LogP contribution in [0.3, 0.4) is 0 Å². The SMILES string of the molecule is O=CC1CCCN1SCc1ccccc1Cl. The third-order valence-electron chi connectivity index (χ3n) is 2.75. The summed E-state index contributed by atoms with van der Waals surface area (Å²) in [7, 11) is 0. The maximum atomic E-state index is 10.8. The average Bonchev–Trinajstić information content (AvgIpc) is 2.75. The molecule has 0 amide bonds. The first-order valence-corrected chi connectivity index (χ1v) is 6.71. The van der Waals surface area contributed by atoms with Gasteiger partial charge in [0.25, 0.3) is 0 Å². The van der Waals surface area contributed by atoms with Crippen LogP contribution in [0.25, 0.3) is 0 Å². The molecular formula is C12H14ClNOS. The van der Waals surface area contributed by atoms with E-state index in [-0.39, 0.29) is 6.04 Å². The lowest BCUT2D eigenvalue weighted by atomic mass is 10.2. The highest BCUT2D eigenvalue weighted by molar-refractivity contribution is 7.96. The van der Waals surface area contributed by atoms with E-state index in [9.17, 15) is 4.79 Å². The molecule has 1 atom stereocenters. The summed E-state index contributed by atoms with van der Waals surface area (Å²) in [5.74, 6) is 0.837. The van der Waals surface area contributed by atoms with E-state index in [0.29, 0.717) is 0 Å². The lowest BCUT2D eigenvalue weighted by molar-refractivity contribution is -0.110. The number of halogens is 1. The Morgan fingerprint density at radius 1 is 1.50 bits per heavy atom. The van der Waals surface area contributed by atoms with Crippen molar-refractivity contribution >= 4 is 29.8 Å². The second-order valence-electron chi connectivity index (χ2n) is 3.85. The first-order valence-electron chi connectivity index (χ1n) is 5.39. The summed E-state index contributed by atoms with van der Waals surface area (Å²) in [4.78, 5) is 10.8. The van der Waals surface area contributed by atoms with Gasteiger partial charge in [-0.25, -0.2) is 4.31 Å². The van der Waals surface area contributed by atoms with Gasteiger partial charge >= 0.3 is 0 Å². The fourth-order valence-corrected chi connectivity index (χ4v) is 3.27. The van der Waals surface area contributed by atoms with Crippen LogP contribution in [0.2, 0.25) is 5.02 Å². The highest BCUT2D eigenvalue weighted by Gasteiger charge is 2.24. The molecule has 1 heterocycles. The summed E-state index contributed by atoms with van der Waals surface area (Å²) in [5.41, 5.74) is 1.13. The molecule has 0 spiro atoms. The van der Waals surface area contributed by atoms with Crippen molar-refractivity contribution in [2.75, 3.05) is 6.54 Å². The highest BCUT2D eigenvalue weighted by Crippen LogP contribution is 2.28. The van der Waals surface area contributed by atoms with Crippen molar-refractivity contribution in [1.29, 1.82) is 0 Å². The van der Waals surface area contributed by atoms with Gasteiger partial charge in [0, 0.05) is 17.3 Å². The van der Waals surface area contributed by atoms with Crippen LogP contribution < -0.4 is 0 Å². The normalized spacial score (nSPS) is 21.2. The van der Waals surface area contributed by atoms with Crippen molar-refractivity contribution in [3.05, 3.63) is 34.9 Å². The van der Waals surface area contributed by atoms with Crippen molar-refractivity contribution in [3.8, 4) is 0 Å². The molecule has 0 aromatic heterocycles. The monoisotopic (exact) mass is 255 g/mol. The van der Waals surface area contributed by atoms with E-state index in [1.54, 1.807) is 11.9 Å². The summed E-state index contributed by atoms with van der Waals surface area (Å²) < 4.78 is 2.16. The molecule has 0 aliphatic carbocycles. The number of carbonyl (C=O) groups is 1. The van der Waals surface area contributed by atoms with Crippen LogP contribution in [-0.4, -0.2) is 23.2 Å². The zero-order chi connectivity index (χ0) is 11.4. The van der Waals surface area contributed by atoms with E-state index in [4.69, 9.17) is 11.6 Å². The predicted octanol–water partition coefficient (Wildman–Crippen LogP) is 3.15. The summed E-state index contributed by atoms with van der Waals surface area (Å²) in [6.07, 6.45) is 3.14. The van der Waals surface area contributed by atoms with Crippen molar-refractivity contribution in [2.24, 2.45) is 0 Å². The number of aldehydes is 1. The van der Waals surface area contributed by atoms with Gasteiger partial charge in [-0.1, -0.05) is 41.7 Å². The zero-order valence-corrected chi connectivity index (χ0v) is 10.5. The molecule has 1 aromatic carbocycles. The highest BCUT2D eigenvalue weighted by atomic mass is 35.5. The van der Waals surface area contributed by atoms with E-state index < -0.39 is 0 Å². The molecule has 1 fully saturated rings. The van der Waals surface area contributed by atoms with Crippen LogP contribution in [0.5, 0.6) is 0 Å². The van der Waals surface area contributed by atoms with Crippen LogP contribution in [0.15, 0.2) is 24.3 Å². The topological polar surface area (TPSA) is 20.3 Å². The Morgan fingerprint density at radius 2 is 2.31 bits per heavy atom. The number of benzene rings is 1. The van der Waals surface area contributed by atoms with E-state index in [0.717, 1.165) is 42.0 Å². The van der Waals surface area contributed by atoms with Crippen LogP contribution in [0, 0.1) is 0 Å². The fourth-order valence-electron chi connectivity index (χ4n) is 1.83. The minimum absolute atomic E-state index is 0.0903. The molecule has 1 aliphatic rings. The molecule has 0 N–H and O–H groups in total. The van der Waals surface area contributed by atoms with Gasteiger partial charge in [-0.2, -0.15) is 0 Å². The lowest BCUT2D eigenvalue weighted by Crippen LogP contribution is -2.23. The van der Waals surface area contributed by atoms with Gasteiger partial charge in [-0.05, 0) is 24.5 Å². The third-order valence-corrected chi connectivity index (χ3v) is 4.34. The van der Waals surface area contributed by atoms with Crippen LogP contribution >= 0.6 is 23.5 Å². The minimum atomic E-state index is 0.0903. The van der Waals surface area contributed by atoms with E-state index in [1.165, 1.54) is 0 Å². The Bertz CT molecular complexity index is 372. The number of nitrogens with zero attached hydrogens (tertiary/aromatic N) is 1. The molecule has 86 valence electrons. The largest absolute Gasteiger partial charge is 0.302 e. The van der Waals surface area contributed by atoms with E-state index in [1.807, 2.05) is 24.3 Å². The number of carbonyl (C=O) groups excluding carboxylic acids is 1. The summed E-state index contributed by atoms with van der Waals surface area (Å²) in [5, 5.41) is 0.803. The van der Waals surface area contributed by atoms with Gasteiger partial charge in [0.1, 0.15) is 6.29 Å². The molecule has 2 rings (SSSR count).